The maximum absolute atomic E-state index is 11.9. The molecule has 0 spiro atoms. The van der Waals surface area contributed by atoms with Gasteiger partial charge in [0.05, 0.1) is 18.2 Å². The highest BCUT2D eigenvalue weighted by Gasteiger charge is 2.35. The number of carbonyl (C=O) groups excluding carboxylic acids is 1. The zero-order chi connectivity index (χ0) is 11.7. The van der Waals surface area contributed by atoms with Gasteiger partial charge in [-0.1, -0.05) is 20.8 Å². The van der Waals surface area contributed by atoms with Gasteiger partial charge >= 0.3 is 0 Å². The van der Waals surface area contributed by atoms with Gasteiger partial charge in [-0.2, -0.15) is 0 Å². The number of hydrogen-bond acceptors (Lipinski definition) is 3. The van der Waals surface area contributed by atoms with Crippen LogP contribution in [-0.4, -0.2) is 30.7 Å². The summed E-state index contributed by atoms with van der Waals surface area (Å²) in [7, 11) is 0. The average molecular weight is 214 g/mol. The van der Waals surface area contributed by atoms with E-state index >= 15 is 0 Å². The van der Waals surface area contributed by atoms with Crippen LogP contribution in [0.2, 0.25) is 0 Å². The Morgan fingerprint density at radius 1 is 1.53 bits per heavy atom. The molecule has 0 radical (unpaired) electrons. The number of rotatable bonds is 2. The molecule has 88 valence electrons. The number of carbonyl (C=O) groups is 1. The van der Waals surface area contributed by atoms with Crippen molar-refractivity contribution in [2.45, 2.75) is 45.7 Å². The summed E-state index contributed by atoms with van der Waals surface area (Å²) in [6.45, 7) is 9.17. The minimum atomic E-state index is -0.477. The SMILES string of the molecule is CC1(NC(=O)C(N)C(C)(C)C)CCOC1. The Kier molecular flexibility index (Phi) is 3.41. The zero-order valence-corrected chi connectivity index (χ0v) is 10.1. The van der Waals surface area contributed by atoms with E-state index in [1.54, 1.807) is 0 Å². The Hall–Kier alpha value is -0.610. The largest absolute Gasteiger partial charge is 0.379 e. The first kappa shape index (κ1) is 12.5. The van der Waals surface area contributed by atoms with Crippen molar-refractivity contribution in [3.8, 4) is 0 Å². The van der Waals surface area contributed by atoms with Crippen LogP contribution >= 0.6 is 0 Å². The summed E-state index contributed by atoms with van der Waals surface area (Å²) >= 11 is 0. The van der Waals surface area contributed by atoms with Gasteiger partial charge in [-0.05, 0) is 18.8 Å². The number of amides is 1. The first-order valence-corrected chi connectivity index (χ1v) is 5.40. The van der Waals surface area contributed by atoms with Crippen LogP contribution in [0.25, 0.3) is 0 Å². The summed E-state index contributed by atoms with van der Waals surface area (Å²) in [4.78, 5) is 11.9. The maximum Gasteiger partial charge on any atom is 0.237 e. The van der Waals surface area contributed by atoms with Crippen LogP contribution in [0.3, 0.4) is 0 Å². The van der Waals surface area contributed by atoms with Crippen molar-refractivity contribution in [2.24, 2.45) is 11.1 Å². The van der Waals surface area contributed by atoms with Crippen molar-refractivity contribution in [1.82, 2.24) is 5.32 Å². The Bertz CT molecular complexity index is 239. The maximum atomic E-state index is 11.9. The summed E-state index contributed by atoms with van der Waals surface area (Å²) in [5.74, 6) is -0.0875. The standard InChI is InChI=1S/C11H22N2O2/c1-10(2,3)8(12)9(14)13-11(4)5-6-15-7-11/h8H,5-7,12H2,1-4H3,(H,13,14). The van der Waals surface area contributed by atoms with E-state index in [-0.39, 0.29) is 16.9 Å². The summed E-state index contributed by atoms with van der Waals surface area (Å²) < 4.78 is 5.27. The summed E-state index contributed by atoms with van der Waals surface area (Å²) in [5, 5.41) is 2.97. The van der Waals surface area contributed by atoms with Gasteiger partial charge < -0.3 is 15.8 Å². The van der Waals surface area contributed by atoms with Gasteiger partial charge in [0.15, 0.2) is 0 Å². The van der Waals surface area contributed by atoms with E-state index in [9.17, 15) is 4.79 Å². The van der Waals surface area contributed by atoms with E-state index in [2.05, 4.69) is 5.32 Å². The van der Waals surface area contributed by atoms with E-state index in [0.29, 0.717) is 13.2 Å². The van der Waals surface area contributed by atoms with E-state index in [0.717, 1.165) is 6.42 Å². The number of nitrogens with one attached hydrogen (secondary N) is 1. The second kappa shape index (κ2) is 4.10. The van der Waals surface area contributed by atoms with Gasteiger partial charge in [0.2, 0.25) is 5.91 Å². The third-order valence-corrected chi connectivity index (χ3v) is 2.86. The normalized spacial score (nSPS) is 28.9. The van der Waals surface area contributed by atoms with Crippen LogP contribution in [0, 0.1) is 5.41 Å². The second-order valence-electron chi connectivity index (χ2n) is 5.70. The molecule has 15 heavy (non-hydrogen) atoms. The van der Waals surface area contributed by atoms with Crippen LogP contribution in [0.4, 0.5) is 0 Å². The summed E-state index contributed by atoms with van der Waals surface area (Å²) in [5.41, 5.74) is 5.43. The van der Waals surface area contributed by atoms with Crippen LogP contribution in [0.1, 0.15) is 34.1 Å². The third kappa shape index (κ3) is 3.18. The van der Waals surface area contributed by atoms with Gasteiger partial charge in [0.1, 0.15) is 0 Å². The van der Waals surface area contributed by atoms with E-state index < -0.39 is 6.04 Å². The Balaban J connectivity index is 2.55. The highest BCUT2D eigenvalue weighted by molar-refractivity contribution is 5.83. The molecule has 1 aliphatic heterocycles. The first-order chi connectivity index (χ1) is 6.75. The molecule has 1 fully saturated rings. The first-order valence-electron chi connectivity index (χ1n) is 5.40. The molecule has 4 heteroatoms. The number of ether oxygens (including phenoxy) is 1. The fraction of sp³-hybridized carbons (Fsp3) is 0.909. The highest BCUT2D eigenvalue weighted by Crippen LogP contribution is 2.21. The van der Waals surface area contributed by atoms with E-state index in [1.165, 1.54) is 0 Å². The van der Waals surface area contributed by atoms with Gasteiger partial charge in [-0.3, -0.25) is 4.79 Å². The lowest BCUT2D eigenvalue weighted by Gasteiger charge is -2.31. The van der Waals surface area contributed by atoms with Gasteiger partial charge in [-0.15, -0.1) is 0 Å². The average Bonchev–Trinajstić information content (AvgIpc) is 2.48. The zero-order valence-electron chi connectivity index (χ0n) is 10.1. The lowest BCUT2D eigenvalue weighted by Crippen LogP contribution is -2.56. The summed E-state index contributed by atoms with van der Waals surface area (Å²) in [6.07, 6.45) is 0.857. The molecule has 1 aliphatic rings. The second-order valence-corrected chi connectivity index (χ2v) is 5.70. The molecule has 2 unspecified atom stereocenters. The topological polar surface area (TPSA) is 64.4 Å². The van der Waals surface area contributed by atoms with Crippen molar-refractivity contribution in [3.05, 3.63) is 0 Å². The van der Waals surface area contributed by atoms with Crippen LogP contribution < -0.4 is 11.1 Å². The molecule has 0 aromatic rings. The highest BCUT2D eigenvalue weighted by atomic mass is 16.5. The van der Waals surface area contributed by atoms with Gasteiger partial charge in [0.25, 0.3) is 0 Å². The Morgan fingerprint density at radius 3 is 2.53 bits per heavy atom. The van der Waals surface area contributed by atoms with Gasteiger partial charge in [-0.25, -0.2) is 0 Å². The summed E-state index contributed by atoms with van der Waals surface area (Å²) in [6, 6.07) is -0.477. The predicted octanol–water partition coefficient (Wildman–Crippen LogP) is 0.655. The minimum Gasteiger partial charge on any atom is -0.379 e. The lowest BCUT2D eigenvalue weighted by atomic mass is 9.86. The molecular weight excluding hydrogens is 192 g/mol. The Labute approximate surface area is 91.5 Å². The van der Waals surface area contributed by atoms with Gasteiger partial charge in [0, 0.05) is 6.61 Å². The fourth-order valence-electron chi connectivity index (χ4n) is 1.53. The van der Waals surface area contributed by atoms with Crippen molar-refractivity contribution in [3.63, 3.8) is 0 Å². The molecule has 3 N–H and O–H groups in total. The van der Waals surface area contributed by atoms with Crippen LogP contribution in [0.5, 0.6) is 0 Å². The molecule has 2 atom stereocenters. The van der Waals surface area contributed by atoms with Crippen molar-refractivity contribution < 1.29 is 9.53 Å². The predicted molar refractivity (Wildman–Crippen MR) is 59.4 cm³/mol. The molecular formula is C11H22N2O2. The molecule has 1 amide bonds. The quantitative estimate of drug-likeness (QED) is 0.709. The van der Waals surface area contributed by atoms with Crippen molar-refractivity contribution in [1.29, 1.82) is 0 Å². The van der Waals surface area contributed by atoms with E-state index in [4.69, 9.17) is 10.5 Å². The minimum absolute atomic E-state index is 0.0875. The van der Waals surface area contributed by atoms with Crippen LogP contribution in [-0.2, 0) is 9.53 Å². The number of hydrogen-bond donors (Lipinski definition) is 2. The molecule has 0 bridgehead atoms. The third-order valence-electron chi connectivity index (χ3n) is 2.86. The van der Waals surface area contributed by atoms with Crippen molar-refractivity contribution >= 4 is 5.91 Å². The smallest absolute Gasteiger partial charge is 0.237 e. The lowest BCUT2D eigenvalue weighted by molar-refractivity contribution is -0.126. The number of nitrogens with two attached hydrogens (primary N) is 1. The molecule has 0 aromatic heterocycles. The molecule has 1 saturated heterocycles. The molecule has 1 rings (SSSR count). The fourth-order valence-corrected chi connectivity index (χ4v) is 1.53. The molecule has 0 aliphatic carbocycles. The van der Waals surface area contributed by atoms with Crippen LogP contribution in [0.15, 0.2) is 0 Å². The monoisotopic (exact) mass is 214 g/mol. The molecule has 0 aromatic carbocycles. The molecule has 0 saturated carbocycles. The van der Waals surface area contributed by atoms with E-state index in [1.807, 2.05) is 27.7 Å². The van der Waals surface area contributed by atoms with Crippen molar-refractivity contribution in [2.75, 3.05) is 13.2 Å². The molecule has 1 heterocycles. The Morgan fingerprint density at radius 2 is 2.13 bits per heavy atom. The molecule has 4 nitrogen and oxygen atoms in total.